The zero-order chi connectivity index (χ0) is 13.9. The summed E-state index contributed by atoms with van der Waals surface area (Å²) in [4.78, 5) is 12.6. The average molecular weight is 267 g/mol. The van der Waals surface area contributed by atoms with Crippen LogP contribution in [-0.4, -0.2) is 22.1 Å². The molecule has 0 saturated carbocycles. The van der Waals surface area contributed by atoms with E-state index < -0.39 is 0 Å². The van der Waals surface area contributed by atoms with Gasteiger partial charge in [-0.2, -0.15) is 0 Å². The highest BCUT2D eigenvalue weighted by atomic mass is 16.5. The van der Waals surface area contributed by atoms with Gasteiger partial charge in [0.15, 0.2) is 12.2 Å². The maximum absolute atomic E-state index is 5.32. The molecule has 5 heteroatoms. The summed E-state index contributed by atoms with van der Waals surface area (Å²) in [5.74, 6) is 1.27. The molecule has 3 aromatic heterocycles. The Labute approximate surface area is 116 Å². The molecule has 0 N–H and O–H groups in total. The van der Waals surface area contributed by atoms with Crippen LogP contribution in [-0.2, 0) is 0 Å². The van der Waals surface area contributed by atoms with E-state index in [4.69, 9.17) is 9.15 Å². The van der Waals surface area contributed by atoms with Crippen LogP contribution in [0.25, 0.3) is 22.6 Å². The minimum Gasteiger partial charge on any atom is -0.480 e. The van der Waals surface area contributed by atoms with Crippen LogP contribution >= 0.6 is 0 Å². The molecule has 0 aliphatic rings. The molecule has 0 aliphatic carbocycles. The smallest absolute Gasteiger partial charge is 0.222 e. The van der Waals surface area contributed by atoms with E-state index in [-0.39, 0.29) is 0 Å². The molecule has 0 bridgehead atoms. The minimum absolute atomic E-state index is 0.562. The van der Waals surface area contributed by atoms with E-state index in [1.165, 1.54) is 6.39 Å². The van der Waals surface area contributed by atoms with E-state index in [2.05, 4.69) is 15.0 Å². The van der Waals surface area contributed by atoms with Crippen LogP contribution in [0, 0.1) is 6.92 Å². The Balaban J connectivity index is 2.14. The minimum atomic E-state index is 0.562. The van der Waals surface area contributed by atoms with Crippen molar-refractivity contribution < 1.29 is 9.15 Å². The number of hydrogen-bond donors (Lipinski definition) is 0. The quantitative estimate of drug-likeness (QED) is 0.729. The number of methoxy groups -OCH3 is 1. The molecule has 0 saturated heterocycles. The van der Waals surface area contributed by atoms with E-state index >= 15 is 0 Å². The van der Waals surface area contributed by atoms with Crippen LogP contribution in [0.2, 0.25) is 0 Å². The van der Waals surface area contributed by atoms with Gasteiger partial charge in [-0.25, -0.2) is 9.97 Å². The molecule has 0 atom stereocenters. The fraction of sp³-hybridized carbons (Fsp3) is 0.133. The van der Waals surface area contributed by atoms with E-state index in [0.717, 1.165) is 22.4 Å². The molecule has 0 aromatic carbocycles. The lowest BCUT2D eigenvalue weighted by Crippen LogP contribution is -1.95. The average Bonchev–Trinajstić information content (AvgIpc) is 3.01. The number of aryl methyl sites for hydroxylation is 1. The Morgan fingerprint density at radius 1 is 1.15 bits per heavy atom. The number of nitrogens with zero attached hydrogens (tertiary/aromatic N) is 3. The van der Waals surface area contributed by atoms with Gasteiger partial charge in [-0.15, -0.1) is 0 Å². The van der Waals surface area contributed by atoms with Crippen LogP contribution in [0.3, 0.4) is 0 Å². The topological polar surface area (TPSA) is 61.0 Å². The van der Waals surface area contributed by atoms with Crippen LogP contribution in [0.4, 0.5) is 0 Å². The van der Waals surface area contributed by atoms with Gasteiger partial charge in [-0.1, -0.05) is 0 Å². The number of ether oxygens (including phenoxy) is 1. The van der Waals surface area contributed by atoms with Crippen LogP contribution in [0.5, 0.6) is 5.88 Å². The first kappa shape index (κ1) is 12.3. The van der Waals surface area contributed by atoms with Gasteiger partial charge >= 0.3 is 0 Å². The highest BCUT2D eigenvalue weighted by Crippen LogP contribution is 2.31. The van der Waals surface area contributed by atoms with Gasteiger partial charge in [-0.05, 0) is 30.7 Å². The van der Waals surface area contributed by atoms with Crippen molar-refractivity contribution in [3.05, 3.63) is 48.7 Å². The molecule has 0 spiro atoms. The number of hydrogen-bond acceptors (Lipinski definition) is 5. The van der Waals surface area contributed by atoms with Crippen molar-refractivity contribution in [2.45, 2.75) is 6.92 Å². The van der Waals surface area contributed by atoms with Gasteiger partial charge in [0.1, 0.15) is 0 Å². The van der Waals surface area contributed by atoms with Crippen molar-refractivity contribution in [3.8, 4) is 28.5 Å². The van der Waals surface area contributed by atoms with Crippen molar-refractivity contribution in [1.82, 2.24) is 15.0 Å². The van der Waals surface area contributed by atoms with Crippen LogP contribution in [0.1, 0.15) is 5.56 Å². The summed E-state index contributed by atoms with van der Waals surface area (Å²) in [6, 6.07) is 5.75. The Hall–Kier alpha value is -2.69. The maximum Gasteiger partial charge on any atom is 0.222 e. The van der Waals surface area contributed by atoms with Gasteiger partial charge in [0, 0.05) is 18.0 Å². The maximum atomic E-state index is 5.32. The second kappa shape index (κ2) is 5.13. The molecule has 3 aromatic rings. The zero-order valence-corrected chi connectivity index (χ0v) is 11.2. The zero-order valence-electron chi connectivity index (χ0n) is 11.2. The molecule has 100 valence electrons. The summed E-state index contributed by atoms with van der Waals surface area (Å²) in [6.45, 7) is 2.00. The van der Waals surface area contributed by atoms with E-state index in [1.54, 1.807) is 25.7 Å². The third-order valence-electron chi connectivity index (χ3n) is 3.05. The summed E-state index contributed by atoms with van der Waals surface area (Å²) in [7, 11) is 1.60. The second-order valence-corrected chi connectivity index (χ2v) is 4.31. The molecule has 0 fully saturated rings. The van der Waals surface area contributed by atoms with Gasteiger partial charge in [0.05, 0.1) is 24.6 Å². The lowest BCUT2D eigenvalue weighted by Gasteiger charge is -2.10. The monoisotopic (exact) mass is 267 g/mol. The first-order valence-corrected chi connectivity index (χ1v) is 6.14. The lowest BCUT2D eigenvalue weighted by atomic mass is 10.1. The molecule has 20 heavy (non-hydrogen) atoms. The summed E-state index contributed by atoms with van der Waals surface area (Å²) in [5, 5.41) is 0. The van der Waals surface area contributed by atoms with Crippen molar-refractivity contribution in [1.29, 1.82) is 0 Å². The summed E-state index contributed by atoms with van der Waals surface area (Å²) >= 11 is 0. The summed E-state index contributed by atoms with van der Waals surface area (Å²) in [5.41, 5.74) is 3.65. The van der Waals surface area contributed by atoms with Crippen LogP contribution < -0.4 is 4.74 Å². The first-order chi connectivity index (χ1) is 9.79. The Bertz CT molecular complexity index is 724. The Morgan fingerprint density at radius 3 is 2.75 bits per heavy atom. The highest BCUT2D eigenvalue weighted by Gasteiger charge is 2.13. The number of rotatable bonds is 3. The van der Waals surface area contributed by atoms with E-state index in [9.17, 15) is 0 Å². The van der Waals surface area contributed by atoms with Gasteiger partial charge in [0.25, 0.3) is 0 Å². The normalized spacial score (nSPS) is 10.5. The van der Waals surface area contributed by atoms with E-state index in [1.807, 2.05) is 25.1 Å². The number of aromatic nitrogens is 3. The molecule has 0 unspecified atom stereocenters. The lowest BCUT2D eigenvalue weighted by molar-refractivity contribution is 0.399. The molecule has 3 heterocycles. The van der Waals surface area contributed by atoms with Gasteiger partial charge in [0.2, 0.25) is 5.88 Å². The van der Waals surface area contributed by atoms with Gasteiger partial charge < -0.3 is 9.15 Å². The molecule has 0 aliphatic heterocycles. The highest BCUT2D eigenvalue weighted by molar-refractivity contribution is 5.72. The third kappa shape index (κ3) is 2.14. The van der Waals surface area contributed by atoms with Crippen molar-refractivity contribution in [3.63, 3.8) is 0 Å². The summed E-state index contributed by atoms with van der Waals surface area (Å²) < 4.78 is 10.6. The number of pyridine rings is 2. The molecule has 0 radical (unpaired) electrons. The molecule has 0 amide bonds. The molecule has 3 rings (SSSR count). The largest absolute Gasteiger partial charge is 0.480 e. The number of oxazole rings is 1. The standard InChI is InChI=1S/C15H13N3O2/c1-10-3-5-18-15(19-2)14(10)12-7-11(4-6-17-12)13-8-16-9-20-13/h3-9H,1-2H3. The SMILES string of the molecule is COc1nccc(C)c1-c1cc(-c2cnco2)ccn1. The molecular weight excluding hydrogens is 254 g/mol. The van der Waals surface area contributed by atoms with E-state index in [0.29, 0.717) is 11.6 Å². The predicted molar refractivity (Wildman–Crippen MR) is 74.3 cm³/mol. The van der Waals surface area contributed by atoms with Crippen LogP contribution in [0.15, 0.2) is 47.6 Å². The molecule has 5 nitrogen and oxygen atoms in total. The fourth-order valence-corrected chi connectivity index (χ4v) is 2.08. The summed E-state index contributed by atoms with van der Waals surface area (Å²) in [6.07, 6.45) is 6.54. The first-order valence-electron chi connectivity index (χ1n) is 6.14. The fourth-order valence-electron chi connectivity index (χ4n) is 2.08. The predicted octanol–water partition coefficient (Wildman–Crippen LogP) is 3.12. The second-order valence-electron chi connectivity index (χ2n) is 4.31. The van der Waals surface area contributed by atoms with Crippen molar-refractivity contribution in [2.75, 3.05) is 7.11 Å². The van der Waals surface area contributed by atoms with Gasteiger partial charge in [-0.3, -0.25) is 4.98 Å². The van der Waals surface area contributed by atoms with Crippen molar-refractivity contribution in [2.24, 2.45) is 0 Å². The van der Waals surface area contributed by atoms with Crippen molar-refractivity contribution >= 4 is 0 Å². The molecular formula is C15H13N3O2. The Morgan fingerprint density at radius 2 is 2.00 bits per heavy atom. The third-order valence-corrected chi connectivity index (χ3v) is 3.05. The Kier molecular flexibility index (Phi) is 3.16.